The van der Waals surface area contributed by atoms with E-state index in [1.807, 2.05) is 43.3 Å². The van der Waals surface area contributed by atoms with Crippen LogP contribution in [0.3, 0.4) is 0 Å². The summed E-state index contributed by atoms with van der Waals surface area (Å²) in [6, 6.07) is 15.4. The average Bonchev–Trinajstić information content (AvgIpc) is 2.64. The molecule has 0 bridgehead atoms. The zero-order valence-electron chi connectivity index (χ0n) is 16.7. The summed E-state index contributed by atoms with van der Waals surface area (Å²) in [4.78, 5) is 22.2. The van der Waals surface area contributed by atoms with Crippen molar-refractivity contribution in [2.75, 3.05) is 10.6 Å². The molecule has 4 rings (SSSR count). The lowest BCUT2D eigenvalue weighted by atomic mass is 9.75. The van der Waals surface area contributed by atoms with Gasteiger partial charge in [0.05, 0.1) is 11.3 Å². The molecule has 29 heavy (non-hydrogen) atoms. The van der Waals surface area contributed by atoms with Crippen LogP contribution in [0.1, 0.15) is 41.9 Å². The molecule has 1 heterocycles. The Morgan fingerprint density at radius 2 is 1.52 bits per heavy atom. The molecule has 0 radical (unpaired) electrons. The number of benzene rings is 2. The number of halogens is 1. The third-order valence-corrected chi connectivity index (χ3v) is 5.21. The number of fused-ring (bicyclic) bond motifs is 1. The minimum Gasteiger partial charge on any atom is -0.339 e. The molecule has 3 aromatic rings. The first-order valence-corrected chi connectivity index (χ1v) is 9.97. The molecule has 0 fully saturated rings. The van der Waals surface area contributed by atoms with Crippen molar-refractivity contribution in [3.05, 3.63) is 70.4 Å². The molecular formula is C23H23ClN4O. The Morgan fingerprint density at radius 1 is 0.897 bits per heavy atom. The van der Waals surface area contributed by atoms with E-state index in [1.54, 1.807) is 12.1 Å². The van der Waals surface area contributed by atoms with Gasteiger partial charge < -0.3 is 10.6 Å². The van der Waals surface area contributed by atoms with Gasteiger partial charge in [-0.2, -0.15) is 4.98 Å². The number of rotatable bonds is 4. The van der Waals surface area contributed by atoms with E-state index in [1.165, 1.54) is 5.56 Å². The van der Waals surface area contributed by atoms with E-state index in [0.717, 1.165) is 17.1 Å². The summed E-state index contributed by atoms with van der Waals surface area (Å²) in [5.41, 5.74) is 4.11. The summed E-state index contributed by atoms with van der Waals surface area (Å²) >= 11 is 5.99. The molecule has 0 aliphatic heterocycles. The second-order valence-corrected chi connectivity index (χ2v) is 8.72. The van der Waals surface area contributed by atoms with Gasteiger partial charge in [0, 0.05) is 22.8 Å². The largest absolute Gasteiger partial charge is 0.339 e. The Balaban J connectivity index is 1.75. The Hall–Kier alpha value is -2.92. The number of nitrogens with zero attached hydrogens (tertiary/aromatic N) is 2. The molecule has 1 aliphatic carbocycles. The predicted molar refractivity (Wildman–Crippen MR) is 118 cm³/mol. The molecule has 0 saturated carbocycles. The van der Waals surface area contributed by atoms with Crippen molar-refractivity contribution in [3.63, 3.8) is 0 Å². The van der Waals surface area contributed by atoms with Crippen LogP contribution >= 0.6 is 11.6 Å². The summed E-state index contributed by atoms with van der Waals surface area (Å²) in [5, 5.41) is 7.20. The van der Waals surface area contributed by atoms with E-state index >= 15 is 0 Å². The number of carbonyl (C=O) groups is 1. The maximum absolute atomic E-state index is 12.9. The van der Waals surface area contributed by atoms with E-state index in [9.17, 15) is 4.79 Å². The van der Waals surface area contributed by atoms with Crippen molar-refractivity contribution in [1.82, 2.24) is 9.97 Å². The van der Waals surface area contributed by atoms with Gasteiger partial charge in [-0.1, -0.05) is 43.1 Å². The van der Waals surface area contributed by atoms with Crippen LogP contribution in [0.5, 0.6) is 0 Å². The molecule has 0 saturated heterocycles. The monoisotopic (exact) mass is 406 g/mol. The van der Waals surface area contributed by atoms with Crippen LogP contribution in [0.15, 0.2) is 48.5 Å². The van der Waals surface area contributed by atoms with Crippen LogP contribution < -0.4 is 10.6 Å². The minimum atomic E-state index is -0.128. The highest BCUT2D eigenvalue weighted by Crippen LogP contribution is 2.37. The van der Waals surface area contributed by atoms with E-state index in [4.69, 9.17) is 11.6 Å². The van der Waals surface area contributed by atoms with Crippen molar-refractivity contribution in [3.8, 4) is 0 Å². The fourth-order valence-electron chi connectivity index (χ4n) is 3.55. The summed E-state index contributed by atoms with van der Waals surface area (Å²) in [6.45, 7) is 6.23. The van der Waals surface area contributed by atoms with Gasteiger partial charge in [0.15, 0.2) is 5.78 Å². The Morgan fingerprint density at radius 3 is 2.21 bits per heavy atom. The Kier molecular flexibility index (Phi) is 5.01. The maximum Gasteiger partial charge on any atom is 0.229 e. The number of hydrogen-bond acceptors (Lipinski definition) is 5. The lowest BCUT2D eigenvalue weighted by molar-refractivity contribution is 0.0911. The second kappa shape index (κ2) is 7.48. The van der Waals surface area contributed by atoms with Gasteiger partial charge in [0.1, 0.15) is 5.82 Å². The highest BCUT2D eigenvalue weighted by atomic mass is 35.5. The number of carbonyl (C=O) groups excluding carboxylic acids is 1. The average molecular weight is 407 g/mol. The Bertz CT molecular complexity index is 1060. The molecule has 1 aromatic heterocycles. The smallest absolute Gasteiger partial charge is 0.229 e. The fourth-order valence-corrected chi connectivity index (χ4v) is 3.68. The van der Waals surface area contributed by atoms with Crippen LogP contribution in [0.4, 0.5) is 23.1 Å². The summed E-state index contributed by atoms with van der Waals surface area (Å²) in [5.74, 6) is 1.05. The highest BCUT2D eigenvalue weighted by molar-refractivity contribution is 6.30. The molecule has 5 nitrogen and oxygen atoms in total. The number of Topliss-reactive ketones (excluding diaryl/α,β-unsaturated/α-hetero) is 1. The third-order valence-electron chi connectivity index (χ3n) is 4.96. The van der Waals surface area contributed by atoms with Gasteiger partial charge in [0.25, 0.3) is 0 Å². The van der Waals surface area contributed by atoms with Gasteiger partial charge >= 0.3 is 0 Å². The quantitative estimate of drug-likeness (QED) is 0.549. The molecule has 2 N–H and O–H groups in total. The SMILES string of the molecule is Cc1ccc(Nc2nc3c(c(Nc4ccc(Cl)cc4)n2)C(=O)CC(C)(C)C3)cc1. The summed E-state index contributed by atoms with van der Waals surface area (Å²) in [6.07, 6.45) is 1.19. The fraction of sp³-hybridized carbons (Fsp3) is 0.261. The molecule has 1 aliphatic rings. The molecular weight excluding hydrogens is 384 g/mol. The second-order valence-electron chi connectivity index (χ2n) is 8.28. The topological polar surface area (TPSA) is 66.9 Å². The molecule has 2 aromatic carbocycles. The lowest BCUT2D eigenvalue weighted by Crippen LogP contribution is -2.29. The zero-order valence-corrected chi connectivity index (χ0v) is 17.5. The lowest BCUT2D eigenvalue weighted by Gasteiger charge is -2.30. The van der Waals surface area contributed by atoms with Crippen LogP contribution in [-0.4, -0.2) is 15.8 Å². The van der Waals surface area contributed by atoms with Crippen molar-refractivity contribution in [1.29, 1.82) is 0 Å². The molecule has 0 unspecified atom stereocenters. The standard InChI is InChI=1S/C23H23ClN4O/c1-14-4-8-17(9-5-14)26-22-27-18-12-23(2,3)13-19(29)20(18)21(28-22)25-16-10-6-15(24)7-11-16/h4-11H,12-13H2,1-3H3,(H2,25,26,27,28). The van der Waals surface area contributed by atoms with Gasteiger partial charge in [0.2, 0.25) is 5.95 Å². The van der Waals surface area contributed by atoms with E-state index in [0.29, 0.717) is 35.2 Å². The van der Waals surface area contributed by atoms with Gasteiger partial charge in [-0.15, -0.1) is 0 Å². The number of hydrogen-bond donors (Lipinski definition) is 2. The van der Waals surface area contributed by atoms with Crippen LogP contribution in [0.25, 0.3) is 0 Å². The van der Waals surface area contributed by atoms with Gasteiger partial charge in [-0.05, 0) is 55.2 Å². The number of anilines is 4. The summed E-state index contributed by atoms with van der Waals surface area (Å²) < 4.78 is 0. The third kappa shape index (κ3) is 4.40. The van der Waals surface area contributed by atoms with Crippen LogP contribution in [-0.2, 0) is 6.42 Å². The number of nitrogens with one attached hydrogen (secondary N) is 2. The van der Waals surface area contributed by atoms with Crippen molar-refractivity contribution in [2.24, 2.45) is 5.41 Å². The molecule has 0 spiro atoms. The Labute approximate surface area is 175 Å². The number of ketones is 1. The minimum absolute atomic E-state index is 0.0644. The highest BCUT2D eigenvalue weighted by Gasteiger charge is 2.35. The first-order chi connectivity index (χ1) is 13.8. The van der Waals surface area contributed by atoms with E-state index < -0.39 is 0 Å². The number of aromatic nitrogens is 2. The normalized spacial score (nSPS) is 15.0. The molecule has 6 heteroatoms. The van der Waals surface area contributed by atoms with Gasteiger partial charge in [-0.3, -0.25) is 4.79 Å². The molecule has 0 amide bonds. The zero-order chi connectivity index (χ0) is 20.6. The maximum atomic E-state index is 12.9. The molecule has 148 valence electrons. The van der Waals surface area contributed by atoms with Gasteiger partial charge in [-0.25, -0.2) is 4.98 Å². The van der Waals surface area contributed by atoms with E-state index in [-0.39, 0.29) is 11.2 Å². The van der Waals surface area contributed by atoms with E-state index in [2.05, 4.69) is 34.4 Å². The van der Waals surface area contributed by atoms with Crippen LogP contribution in [0, 0.1) is 12.3 Å². The van der Waals surface area contributed by atoms with Crippen molar-refractivity contribution in [2.45, 2.75) is 33.6 Å². The first kappa shape index (κ1) is 19.4. The van der Waals surface area contributed by atoms with Crippen LogP contribution in [0.2, 0.25) is 5.02 Å². The first-order valence-electron chi connectivity index (χ1n) is 9.59. The van der Waals surface area contributed by atoms with Crippen molar-refractivity contribution < 1.29 is 4.79 Å². The predicted octanol–water partition coefficient (Wildman–Crippen LogP) is 6.08. The molecule has 0 atom stereocenters. The van der Waals surface area contributed by atoms with Crippen molar-refractivity contribution >= 4 is 40.5 Å². The number of aryl methyl sites for hydroxylation is 1. The summed E-state index contributed by atoms with van der Waals surface area (Å²) in [7, 11) is 0.